The highest BCUT2D eigenvalue weighted by molar-refractivity contribution is 5.46. The summed E-state index contributed by atoms with van der Waals surface area (Å²) in [4.78, 5) is 2.51. The maximum Gasteiger partial charge on any atom is 0.163 e. The van der Waals surface area contributed by atoms with Gasteiger partial charge in [-0.2, -0.15) is 0 Å². The number of benzene rings is 1. The second kappa shape index (κ2) is 10.5. The minimum atomic E-state index is 0.781. The fraction of sp³-hybridized carbons (Fsp3) is 0.647. The molecule has 0 unspecified atom stereocenters. The third kappa shape index (κ3) is 5.94. The van der Waals surface area contributed by atoms with E-state index in [1.54, 1.807) is 14.2 Å². The summed E-state index contributed by atoms with van der Waals surface area (Å²) in [6.45, 7) is 6.31. The Morgan fingerprint density at radius 1 is 1.05 bits per heavy atom. The SMILES string of the molecule is CCCN(CCCCN)CCc1cccc(OC)c1OC. The van der Waals surface area contributed by atoms with Gasteiger partial charge >= 0.3 is 0 Å². The molecule has 0 aliphatic heterocycles. The Bertz CT molecular complexity index is 396. The van der Waals surface area contributed by atoms with Crippen LogP contribution in [0, 0.1) is 0 Å². The Kier molecular flexibility index (Phi) is 8.87. The van der Waals surface area contributed by atoms with E-state index in [0.29, 0.717) is 0 Å². The molecule has 0 heterocycles. The summed E-state index contributed by atoms with van der Waals surface area (Å²) < 4.78 is 10.9. The highest BCUT2D eigenvalue weighted by Gasteiger charge is 2.11. The number of para-hydroxylation sites is 1. The quantitative estimate of drug-likeness (QED) is 0.638. The van der Waals surface area contributed by atoms with E-state index >= 15 is 0 Å². The Morgan fingerprint density at radius 3 is 2.48 bits per heavy atom. The maximum atomic E-state index is 5.57. The van der Waals surface area contributed by atoms with E-state index in [4.69, 9.17) is 15.2 Å². The molecule has 0 saturated carbocycles. The third-order valence-corrected chi connectivity index (χ3v) is 3.65. The lowest BCUT2D eigenvalue weighted by Gasteiger charge is -2.22. The van der Waals surface area contributed by atoms with Crippen LogP contribution in [0.3, 0.4) is 0 Å². The minimum absolute atomic E-state index is 0.781. The summed E-state index contributed by atoms with van der Waals surface area (Å²) in [6.07, 6.45) is 4.43. The zero-order valence-electron chi connectivity index (χ0n) is 13.7. The van der Waals surface area contributed by atoms with Crippen LogP contribution < -0.4 is 15.2 Å². The molecule has 0 aromatic heterocycles. The number of rotatable bonds is 11. The molecular formula is C17H30N2O2. The topological polar surface area (TPSA) is 47.7 Å². The molecule has 1 rings (SSSR count). The standard InChI is InChI=1S/C17H30N2O2/c1-4-12-19(13-6-5-11-18)14-10-15-8-7-9-16(20-2)17(15)21-3/h7-9H,4-6,10-14,18H2,1-3H3. The first-order chi connectivity index (χ1) is 10.3. The summed E-state index contributed by atoms with van der Waals surface area (Å²) in [5.74, 6) is 1.67. The molecule has 0 spiro atoms. The number of unbranched alkanes of at least 4 members (excludes halogenated alkanes) is 1. The summed E-state index contributed by atoms with van der Waals surface area (Å²) in [6, 6.07) is 6.08. The third-order valence-electron chi connectivity index (χ3n) is 3.65. The molecule has 0 bridgehead atoms. The summed E-state index contributed by atoms with van der Waals surface area (Å²) >= 11 is 0. The van der Waals surface area contributed by atoms with Crippen LogP contribution in [0.2, 0.25) is 0 Å². The average Bonchev–Trinajstić information content (AvgIpc) is 2.52. The van der Waals surface area contributed by atoms with Gasteiger partial charge in [-0.1, -0.05) is 19.1 Å². The summed E-state index contributed by atoms with van der Waals surface area (Å²) in [5, 5.41) is 0. The fourth-order valence-corrected chi connectivity index (χ4v) is 2.56. The summed E-state index contributed by atoms with van der Waals surface area (Å²) in [7, 11) is 3.38. The molecule has 120 valence electrons. The first-order valence-electron chi connectivity index (χ1n) is 7.89. The minimum Gasteiger partial charge on any atom is -0.493 e. The van der Waals surface area contributed by atoms with E-state index in [1.165, 1.54) is 18.4 Å². The highest BCUT2D eigenvalue weighted by atomic mass is 16.5. The van der Waals surface area contributed by atoms with Crippen molar-refractivity contribution < 1.29 is 9.47 Å². The van der Waals surface area contributed by atoms with Crippen LogP contribution in [-0.2, 0) is 6.42 Å². The van der Waals surface area contributed by atoms with Crippen molar-refractivity contribution in [3.63, 3.8) is 0 Å². The predicted molar refractivity (Wildman–Crippen MR) is 88.3 cm³/mol. The lowest BCUT2D eigenvalue weighted by atomic mass is 10.1. The van der Waals surface area contributed by atoms with Crippen LogP contribution in [0.25, 0.3) is 0 Å². The van der Waals surface area contributed by atoms with Gasteiger partial charge in [-0.25, -0.2) is 0 Å². The molecule has 0 saturated heterocycles. The van der Waals surface area contributed by atoms with Gasteiger partial charge in [0, 0.05) is 6.54 Å². The van der Waals surface area contributed by atoms with E-state index in [-0.39, 0.29) is 0 Å². The fourth-order valence-electron chi connectivity index (χ4n) is 2.56. The largest absolute Gasteiger partial charge is 0.493 e. The molecule has 2 N–H and O–H groups in total. The van der Waals surface area contributed by atoms with Crippen molar-refractivity contribution in [2.45, 2.75) is 32.6 Å². The van der Waals surface area contributed by atoms with E-state index in [0.717, 1.165) is 50.5 Å². The van der Waals surface area contributed by atoms with Crippen LogP contribution in [0.15, 0.2) is 18.2 Å². The Morgan fingerprint density at radius 2 is 1.86 bits per heavy atom. The number of ether oxygens (including phenoxy) is 2. The zero-order valence-corrected chi connectivity index (χ0v) is 13.7. The monoisotopic (exact) mass is 294 g/mol. The van der Waals surface area contributed by atoms with E-state index in [9.17, 15) is 0 Å². The molecule has 0 fully saturated rings. The van der Waals surface area contributed by atoms with Gasteiger partial charge in [0.25, 0.3) is 0 Å². The van der Waals surface area contributed by atoms with Crippen molar-refractivity contribution in [2.75, 3.05) is 40.4 Å². The molecule has 0 aliphatic carbocycles. The number of methoxy groups -OCH3 is 2. The van der Waals surface area contributed by atoms with E-state index in [1.807, 2.05) is 12.1 Å². The normalized spacial score (nSPS) is 10.9. The Labute approximate surface area is 129 Å². The van der Waals surface area contributed by atoms with Crippen molar-refractivity contribution in [1.29, 1.82) is 0 Å². The molecule has 1 aromatic rings. The predicted octanol–water partition coefficient (Wildman–Crippen LogP) is 2.70. The second-order valence-electron chi connectivity index (χ2n) is 5.24. The molecule has 0 amide bonds. The number of nitrogens with zero attached hydrogens (tertiary/aromatic N) is 1. The van der Waals surface area contributed by atoms with Crippen molar-refractivity contribution in [1.82, 2.24) is 4.90 Å². The molecule has 0 radical (unpaired) electrons. The van der Waals surface area contributed by atoms with Crippen LogP contribution in [-0.4, -0.2) is 45.3 Å². The molecule has 4 nitrogen and oxygen atoms in total. The lowest BCUT2D eigenvalue weighted by molar-refractivity contribution is 0.270. The first-order valence-corrected chi connectivity index (χ1v) is 7.89. The number of hydrogen-bond donors (Lipinski definition) is 1. The van der Waals surface area contributed by atoms with E-state index < -0.39 is 0 Å². The molecule has 21 heavy (non-hydrogen) atoms. The van der Waals surface area contributed by atoms with Gasteiger partial charge in [-0.3, -0.25) is 0 Å². The van der Waals surface area contributed by atoms with Gasteiger partial charge in [0.1, 0.15) is 0 Å². The van der Waals surface area contributed by atoms with Crippen LogP contribution >= 0.6 is 0 Å². The second-order valence-corrected chi connectivity index (χ2v) is 5.24. The maximum absolute atomic E-state index is 5.57. The Hall–Kier alpha value is -1.26. The lowest BCUT2D eigenvalue weighted by Crippen LogP contribution is -2.28. The number of nitrogens with two attached hydrogens (primary N) is 1. The van der Waals surface area contributed by atoms with Crippen LogP contribution in [0.4, 0.5) is 0 Å². The first kappa shape index (κ1) is 17.8. The molecule has 4 heteroatoms. The van der Waals surface area contributed by atoms with Gasteiger partial charge in [0.15, 0.2) is 11.5 Å². The van der Waals surface area contributed by atoms with Crippen LogP contribution in [0.5, 0.6) is 11.5 Å². The van der Waals surface area contributed by atoms with E-state index in [2.05, 4.69) is 17.9 Å². The smallest absolute Gasteiger partial charge is 0.163 e. The van der Waals surface area contributed by atoms with Crippen molar-refractivity contribution in [2.24, 2.45) is 5.73 Å². The van der Waals surface area contributed by atoms with Gasteiger partial charge in [-0.05, 0) is 56.9 Å². The summed E-state index contributed by atoms with van der Waals surface area (Å²) in [5.41, 5.74) is 6.78. The van der Waals surface area contributed by atoms with Gasteiger partial charge in [0.2, 0.25) is 0 Å². The molecule has 0 atom stereocenters. The van der Waals surface area contributed by atoms with Crippen LogP contribution in [0.1, 0.15) is 31.7 Å². The van der Waals surface area contributed by atoms with Gasteiger partial charge < -0.3 is 20.1 Å². The molecule has 0 aliphatic rings. The van der Waals surface area contributed by atoms with Gasteiger partial charge in [-0.15, -0.1) is 0 Å². The van der Waals surface area contributed by atoms with Crippen molar-refractivity contribution in [3.05, 3.63) is 23.8 Å². The van der Waals surface area contributed by atoms with Crippen molar-refractivity contribution in [3.8, 4) is 11.5 Å². The zero-order chi connectivity index (χ0) is 15.5. The average molecular weight is 294 g/mol. The molecule has 1 aromatic carbocycles. The van der Waals surface area contributed by atoms with Crippen molar-refractivity contribution >= 4 is 0 Å². The number of hydrogen-bond acceptors (Lipinski definition) is 4. The highest BCUT2D eigenvalue weighted by Crippen LogP contribution is 2.30. The van der Waals surface area contributed by atoms with Gasteiger partial charge in [0.05, 0.1) is 14.2 Å². The molecular weight excluding hydrogens is 264 g/mol. The Balaban J connectivity index is 2.62.